The number of methoxy groups -OCH3 is 1. The number of rotatable bonds is 5. The van der Waals surface area contributed by atoms with Crippen molar-refractivity contribution < 1.29 is 14.3 Å². The third-order valence-corrected chi connectivity index (χ3v) is 5.73. The lowest BCUT2D eigenvalue weighted by molar-refractivity contribution is 0.0526. The second-order valence-electron chi connectivity index (χ2n) is 7.89. The molecule has 4 rings (SSSR count). The Labute approximate surface area is 193 Å². The second-order valence-corrected chi connectivity index (χ2v) is 7.89. The first-order chi connectivity index (χ1) is 16.0. The minimum Gasteiger partial charge on any atom is -0.481 e. The van der Waals surface area contributed by atoms with Gasteiger partial charge in [-0.1, -0.05) is 5.92 Å². The van der Waals surface area contributed by atoms with Crippen molar-refractivity contribution in [1.29, 1.82) is 0 Å². The van der Waals surface area contributed by atoms with Gasteiger partial charge >= 0.3 is 0 Å². The summed E-state index contributed by atoms with van der Waals surface area (Å²) in [6.45, 7) is 4.89. The summed E-state index contributed by atoms with van der Waals surface area (Å²) in [5.41, 5.74) is 3.61. The molecule has 1 atom stereocenters. The zero-order valence-electron chi connectivity index (χ0n) is 19.3. The van der Waals surface area contributed by atoms with Gasteiger partial charge in [0.1, 0.15) is 11.8 Å². The Morgan fingerprint density at radius 1 is 1.21 bits per heavy atom. The van der Waals surface area contributed by atoms with Gasteiger partial charge in [0.25, 0.3) is 5.91 Å². The lowest BCUT2D eigenvalue weighted by atomic mass is 10.0. The maximum Gasteiger partial charge on any atom is 0.256 e. The van der Waals surface area contributed by atoms with Gasteiger partial charge in [0.15, 0.2) is 0 Å². The van der Waals surface area contributed by atoms with E-state index in [0.717, 1.165) is 29.7 Å². The third-order valence-electron chi connectivity index (χ3n) is 5.73. The van der Waals surface area contributed by atoms with Crippen LogP contribution in [0.5, 0.6) is 11.8 Å². The van der Waals surface area contributed by atoms with Crippen molar-refractivity contribution in [3.8, 4) is 35.0 Å². The summed E-state index contributed by atoms with van der Waals surface area (Å²) in [5, 5.41) is 4.22. The molecule has 0 spiro atoms. The number of hydrogen-bond donors (Lipinski definition) is 0. The number of aromatic nitrogens is 4. The zero-order valence-corrected chi connectivity index (χ0v) is 19.3. The van der Waals surface area contributed by atoms with E-state index < -0.39 is 0 Å². The molecular formula is C25H27N5O3. The van der Waals surface area contributed by atoms with Crippen LogP contribution >= 0.6 is 0 Å². The molecule has 8 nitrogen and oxygen atoms in total. The van der Waals surface area contributed by atoms with Gasteiger partial charge in [-0.15, -0.1) is 5.92 Å². The molecule has 33 heavy (non-hydrogen) atoms. The van der Waals surface area contributed by atoms with E-state index in [1.165, 1.54) is 0 Å². The van der Waals surface area contributed by atoms with Crippen molar-refractivity contribution >= 4 is 5.91 Å². The minimum absolute atomic E-state index is 0.0927. The number of carbonyl (C=O) groups excluding carboxylic acids is 1. The monoisotopic (exact) mass is 445 g/mol. The Bertz CT molecular complexity index is 1220. The summed E-state index contributed by atoms with van der Waals surface area (Å²) in [4.78, 5) is 24.3. The SMILES string of the molecule is CC#Cc1ccnc(O[C@@H]2CCCN(C(=O)c3ccc(OC)nc3-c3ccnn3C)C2)c1C. The highest BCUT2D eigenvalue weighted by atomic mass is 16.5. The number of nitrogens with zero attached hydrogens (tertiary/aromatic N) is 5. The fourth-order valence-electron chi connectivity index (χ4n) is 3.98. The van der Waals surface area contributed by atoms with Crippen molar-refractivity contribution in [2.45, 2.75) is 32.8 Å². The van der Waals surface area contributed by atoms with Crippen LogP contribution in [-0.4, -0.2) is 56.9 Å². The summed E-state index contributed by atoms with van der Waals surface area (Å²) < 4.78 is 13.2. The Morgan fingerprint density at radius 2 is 2.06 bits per heavy atom. The average Bonchev–Trinajstić information content (AvgIpc) is 3.26. The molecule has 0 aromatic carbocycles. The van der Waals surface area contributed by atoms with E-state index in [9.17, 15) is 4.79 Å². The first-order valence-electron chi connectivity index (χ1n) is 10.9. The van der Waals surface area contributed by atoms with Crippen molar-refractivity contribution in [3.05, 3.63) is 53.3 Å². The number of piperidine rings is 1. The molecule has 0 saturated carbocycles. The Balaban J connectivity index is 1.57. The number of aryl methyl sites for hydroxylation is 1. The number of hydrogen-bond acceptors (Lipinski definition) is 6. The highest BCUT2D eigenvalue weighted by Crippen LogP contribution is 2.27. The fraction of sp³-hybridized carbons (Fsp3) is 0.360. The quantitative estimate of drug-likeness (QED) is 0.561. The molecule has 0 radical (unpaired) electrons. The highest BCUT2D eigenvalue weighted by molar-refractivity contribution is 5.99. The number of carbonyl (C=O) groups is 1. The van der Waals surface area contributed by atoms with E-state index >= 15 is 0 Å². The van der Waals surface area contributed by atoms with Gasteiger partial charge in [0.2, 0.25) is 11.8 Å². The van der Waals surface area contributed by atoms with Crippen LogP contribution in [0.2, 0.25) is 0 Å². The van der Waals surface area contributed by atoms with E-state index in [1.807, 2.05) is 31.0 Å². The van der Waals surface area contributed by atoms with E-state index in [1.54, 1.807) is 43.2 Å². The molecule has 3 aromatic heterocycles. The largest absolute Gasteiger partial charge is 0.481 e. The lowest BCUT2D eigenvalue weighted by Crippen LogP contribution is -2.44. The van der Waals surface area contributed by atoms with Gasteiger partial charge in [-0.2, -0.15) is 5.10 Å². The molecule has 1 aliphatic heterocycles. The van der Waals surface area contributed by atoms with Gasteiger partial charge in [-0.3, -0.25) is 9.48 Å². The molecule has 4 heterocycles. The normalized spacial score (nSPS) is 15.5. The fourth-order valence-corrected chi connectivity index (χ4v) is 3.98. The van der Waals surface area contributed by atoms with Crippen LogP contribution in [0.3, 0.4) is 0 Å². The van der Waals surface area contributed by atoms with Crippen LogP contribution in [-0.2, 0) is 7.05 Å². The topological polar surface area (TPSA) is 82.4 Å². The Kier molecular flexibility index (Phi) is 6.59. The smallest absolute Gasteiger partial charge is 0.256 e. The molecule has 170 valence electrons. The third kappa shape index (κ3) is 4.67. The first-order valence-corrected chi connectivity index (χ1v) is 10.9. The van der Waals surface area contributed by atoms with E-state index in [4.69, 9.17) is 9.47 Å². The lowest BCUT2D eigenvalue weighted by Gasteiger charge is -2.33. The van der Waals surface area contributed by atoms with Gasteiger partial charge in [0, 0.05) is 43.2 Å². The molecule has 0 unspecified atom stereocenters. The number of ether oxygens (including phenoxy) is 2. The van der Waals surface area contributed by atoms with Crippen LogP contribution < -0.4 is 9.47 Å². The number of amides is 1. The van der Waals surface area contributed by atoms with Crippen LogP contribution in [0.15, 0.2) is 36.7 Å². The van der Waals surface area contributed by atoms with Crippen LogP contribution in [0, 0.1) is 18.8 Å². The summed E-state index contributed by atoms with van der Waals surface area (Å²) >= 11 is 0. The van der Waals surface area contributed by atoms with Gasteiger partial charge in [0.05, 0.1) is 24.9 Å². The van der Waals surface area contributed by atoms with E-state index in [-0.39, 0.29) is 12.0 Å². The molecular weight excluding hydrogens is 418 g/mol. The number of likely N-dealkylation sites (tertiary alicyclic amines) is 1. The molecule has 3 aromatic rings. The average molecular weight is 446 g/mol. The molecule has 0 aliphatic carbocycles. The van der Waals surface area contributed by atoms with Crippen LogP contribution in [0.25, 0.3) is 11.4 Å². The first kappa shape index (κ1) is 22.3. The van der Waals surface area contributed by atoms with Gasteiger partial charge in [-0.05, 0) is 44.9 Å². The maximum atomic E-state index is 13.6. The molecule has 0 N–H and O–H groups in total. The van der Waals surface area contributed by atoms with Crippen molar-refractivity contribution in [2.75, 3.05) is 20.2 Å². The van der Waals surface area contributed by atoms with Crippen molar-refractivity contribution in [1.82, 2.24) is 24.6 Å². The second kappa shape index (κ2) is 9.74. The highest BCUT2D eigenvalue weighted by Gasteiger charge is 2.29. The summed E-state index contributed by atoms with van der Waals surface area (Å²) in [6.07, 6.45) is 4.93. The molecule has 1 saturated heterocycles. The Morgan fingerprint density at radius 3 is 2.79 bits per heavy atom. The van der Waals surface area contributed by atoms with Crippen LogP contribution in [0.1, 0.15) is 41.3 Å². The Hall–Kier alpha value is -3.86. The summed E-state index contributed by atoms with van der Waals surface area (Å²) in [5.74, 6) is 6.91. The van der Waals surface area contributed by atoms with Crippen molar-refractivity contribution in [2.24, 2.45) is 7.05 Å². The molecule has 1 amide bonds. The summed E-state index contributed by atoms with van der Waals surface area (Å²) in [6, 6.07) is 7.19. The standard InChI is InChI=1S/C25H27N5O3/c1-5-7-18-11-13-26-24(17(18)2)33-19-8-6-15-30(16-19)25(31)20-9-10-22(32-4)28-23(20)21-12-14-27-29(21)3/h9-14,19H,6,8,15-16H2,1-4H3/t19-/m1/s1. The predicted octanol–water partition coefficient (Wildman–Crippen LogP) is 3.25. The molecule has 1 fully saturated rings. The molecule has 8 heteroatoms. The summed E-state index contributed by atoms with van der Waals surface area (Å²) in [7, 11) is 3.38. The number of pyridine rings is 2. The predicted molar refractivity (Wildman–Crippen MR) is 124 cm³/mol. The van der Waals surface area contributed by atoms with Gasteiger partial charge < -0.3 is 14.4 Å². The van der Waals surface area contributed by atoms with Gasteiger partial charge in [-0.25, -0.2) is 9.97 Å². The van der Waals surface area contributed by atoms with Crippen LogP contribution in [0.4, 0.5) is 0 Å². The molecule has 1 aliphatic rings. The van der Waals surface area contributed by atoms with E-state index in [2.05, 4.69) is 26.9 Å². The minimum atomic E-state index is -0.148. The zero-order chi connectivity index (χ0) is 23.4. The maximum absolute atomic E-state index is 13.6. The molecule has 0 bridgehead atoms. The van der Waals surface area contributed by atoms with E-state index in [0.29, 0.717) is 36.1 Å². The van der Waals surface area contributed by atoms with Crippen molar-refractivity contribution in [3.63, 3.8) is 0 Å².